The number of aryl methyl sites for hydroxylation is 2. The molecule has 23 heavy (non-hydrogen) atoms. The number of methoxy groups -OCH3 is 1. The van der Waals surface area contributed by atoms with Crippen molar-refractivity contribution >= 4 is 17.4 Å². The van der Waals surface area contributed by atoms with Crippen molar-refractivity contribution in [3.05, 3.63) is 45.3 Å². The van der Waals surface area contributed by atoms with E-state index >= 15 is 0 Å². The molecule has 0 saturated carbocycles. The van der Waals surface area contributed by atoms with E-state index in [2.05, 4.69) is 21.7 Å². The van der Waals surface area contributed by atoms with Crippen molar-refractivity contribution < 1.29 is 9.53 Å². The van der Waals surface area contributed by atoms with E-state index in [-0.39, 0.29) is 6.03 Å². The lowest BCUT2D eigenvalue weighted by Gasteiger charge is -2.19. The summed E-state index contributed by atoms with van der Waals surface area (Å²) in [4.78, 5) is 19.6. The van der Waals surface area contributed by atoms with Gasteiger partial charge in [0.05, 0.1) is 13.7 Å². The molecule has 0 radical (unpaired) electrons. The number of hydrogen-bond acceptors (Lipinski definition) is 4. The summed E-state index contributed by atoms with van der Waals surface area (Å²) in [5, 5.41) is 4.98. The molecular formula is C17H23N3O2S. The van der Waals surface area contributed by atoms with Gasteiger partial charge in [-0.2, -0.15) is 0 Å². The molecule has 2 aromatic rings. The van der Waals surface area contributed by atoms with Crippen LogP contribution >= 0.6 is 11.3 Å². The first kappa shape index (κ1) is 17.3. The van der Waals surface area contributed by atoms with Crippen molar-refractivity contribution in [1.29, 1.82) is 0 Å². The molecule has 5 nitrogen and oxygen atoms in total. The van der Waals surface area contributed by atoms with Crippen molar-refractivity contribution in [3.8, 4) is 5.88 Å². The Kier molecular flexibility index (Phi) is 5.98. The number of nitrogens with zero attached hydrogens (tertiary/aromatic N) is 2. The predicted molar refractivity (Wildman–Crippen MR) is 93.2 cm³/mol. The highest BCUT2D eigenvalue weighted by molar-refractivity contribution is 7.09. The van der Waals surface area contributed by atoms with Gasteiger partial charge in [-0.05, 0) is 43.3 Å². The van der Waals surface area contributed by atoms with Crippen molar-refractivity contribution in [3.63, 3.8) is 0 Å². The molecular weight excluding hydrogens is 310 g/mol. The van der Waals surface area contributed by atoms with E-state index in [1.807, 2.05) is 26.0 Å². The van der Waals surface area contributed by atoms with Crippen LogP contribution in [0.1, 0.15) is 21.7 Å². The maximum atomic E-state index is 12.2. The SMILES string of the molecule is COc1nc(C)cc(C)c1CNC(=O)N(C)CCc1cccs1. The zero-order chi connectivity index (χ0) is 16.8. The Morgan fingerprint density at radius 2 is 2.22 bits per heavy atom. The second kappa shape index (κ2) is 7.97. The summed E-state index contributed by atoms with van der Waals surface area (Å²) in [5.74, 6) is 0.573. The van der Waals surface area contributed by atoms with E-state index in [1.54, 1.807) is 30.4 Å². The minimum absolute atomic E-state index is 0.0939. The Morgan fingerprint density at radius 3 is 2.87 bits per heavy atom. The molecule has 0 saturated heterocycles. The first-order valence-electron chi connectivity index (χ1n) is 7.53. The summed E-state index contributed by atoms with van der Waals surface area (Å²) in [6.45, 7) is 5.02. The van der Waals surface area contributed by atoms with E-state index in [9.17, 15) is 4.79 Å². The van der Waals surface area contributed by atoms with Crippen LogP contribution in [0.5, 0.6) is 5.88 Å². The molecule has 124 valence electrons. The monoisotopic (exact) mass is 333 g/mol. The van der Waals surface area contributed by atoms with Gasteiger partial charge in [-0.1, -0.05) is 6.07 Å². The maximum absolute atomic E-state index is 12.2. The Labute approximate surface area is 141 Å². The largest absolute Gasteiger partial charge is 0.481 e. The molecule has 6 heteroatoms. The zero-order valence-electron chi connectivity index (χ0n) is 14.0. The van der Waals surface area contributed by atoms with E-state index in [1.165, 1.54) is 4.88 Å². The Morgan fingerprint density at radius 1 is 1.43 bits per heavy atom. The summed E-state index contributed by atoms with van der Waals surface area (Å²) in [5.41, 5.74) is 2.89. The van der Waals surface area contributed by atoms with E-state index in [4.69, 9.17) is 4.74 Å². The summed E-state index contributed by atoms with van der Waals surface area (Å²) in [6.07, 6.45) is 0.871. The van der Waals surface area contributed by atoms with Crippen LogP contribution in [0, 0.1) is 13.8 Å². The fourth-order valence-electron chi connectivity index (χ4n) is 2.35. The summed E-state index contributed by atoms with van der Waals surface area (Å²) in [7, 11) is 3.40. The highest BCUT2D eigenvalue weighted by atomic mass is 32.1. The second-order valence-corrected chi connectivity index (χ2v) is 6.51. The average Bonchev–Trinajstić information content (AvgIpc) is 3.04. The number of carbonyl (C=O) groups excluding carboxylic acids is 1. The van der Waals surface area contributed by atoms with Gasteiger partial charge in [0, 0.05) is 29.7 Å². The van der Waals surface area contributed by atoms with Gasteiger partial charge < -0.3 is 15.0 Å². The van der Waals surface area contributed by atoms with Crippen molar-refractivity contribution in [2.75, 3.05) is 20.7 Å². The minimum Gasteiger partial charge on any atom is -0.481 e. The van der Waals surface area contributed by atoms with Crippen LogP contribution in [0.15, 0.2) is 23.6 Å². The highest BCUT2D eigenvalue weighted by Gasteiger charge is 2.13. The first-order chi connectivity index (χ1) is 11.0. The number of nitrogens with one attached hydrogen (secondary N) is 1. The lowest BCUT2D eigenvalue weighted by molar-refractivity contribution is 0.209. The average molecular weight is 333 g/mol. The third kappa shape index (κ3) is 4.69. The first-order valence-corrected chi connectivity index (χ1v) is 8.41. The number of hydrogen-bond donors (Lipinski definition) is 1. The molecule has 2 aromatic heterocycles. The number of likely N-dealkylation sites (N-methyl/N-ethyl adjacent to an activating group) is 1. The van der Waals surface area contributed by atoms with Crippen LogP contribution < -0.4 is 10.1 Å². The zero-order valence-corrected chi connectivity index (χ0v) is 14.9. The number of rotatable bonds is 6. The molecule has 0 fully saturated rings. The predicted octanol–water partition coefficient (Wildman–Crippen LogP) is 3.15. The lowest BCUT2D eigenvalue weighted by Crippen LogP contribution is -2.38. The number of amides is 2. The number of carbonyl (C=O) groups is 1. The fourth-order valence-corrected chi connectivity index (χ4v) is 3.04. The lowest BCUT2D eigenvalue weighted by atomic mass is 10.1. The molecule has 0 aliphatic carbocycles. The van der Waals surface area contributed by atoms with Crippen LogP contribution in [-0.2, 0) is 13.0 Å². The molecule has 0 atom stereocenters. The van der Waals surface area contributed by atoms with Gasteiger partial charge in [0.15, 0.2) is 0 Å². The van der Waals surface area contributed by atoms with Crippen molar-refractivity contribution in [2.24, 2.45) is 0 Å². The van der Waals surface area contributed by atoms with Crippen LogP contribution in [0.2, 0.25) is 0 Å². The van der Waals surface area contributed by atoms with Crippen molar-refractivity contribution in [1.82, 2.24) is 15.2 Å². The van der Waals surface area contributed by atoms with Crippen LogP contribution in [0.3, 0.4) is 0 Å². The maximum Gasteiger partial charge on any atom is 0.317 e. The molecule has 0 bridgehead atoms. The van der Waals surface area contributed by atoms with Gasteiger partial charge in [0.2, 0.25) is 5.88 Å². The van der Waals surface area contributed by atoms with Gasteiger partial charge in [-0.3, -0.25) is 0 Å². The van der Waals surface area contributed by atoms with Crippen LogP contribution in [-0.4, -0.2) is 36.6 Å². The quantitative estimate of drug-likeness (QED) is 0.883. The fraction of sp³-hybridized carbons (Fsp3) is 0.412. The number of aromatic nitrogens is 1. The Bertz CT molecular complexity index is 656. The molecule has 0 unspecified atom stereocenters. The topological polar surface area (TPSA) is 54.5 Å². The van der Waals surface area contributed by atoms with Crippen LogP contribution in [0.4, 0.5) is 4.79 Å². The summed E-state index contributed by atoms with van der Waals surface area (Å²) >= 11 is 1.71. The molecule has 2 amide bonds. The van der Waals surface area contributed by atoms with Gasteiger partial charge in [0.25, 0.3) is 0 Å². The minimum atomic E-state index is -0.0939. The van der Waals surface area contributed by atoms with Gasteiger partial charge in [-0.25, -0.2) is 9.78 Å². The molecule has 2 heterocycles. The van der Waals surface area contributed by atoms with E-state index in [0.717, 1.165) is 23.2 Å². The molecule has 0 aliphatic rings. The van der Waals surface area contributed by atoms with Crippen molar-refractivity contribution in [2.45, 2.75) is 26.8 Å². The van der Waals surface area contributed by atoms with E-state index in [0.29, 0.717) is 19.0 Å². The number of ether oxygens (including phenoxy) is 1. The van der Waals surface area contributed by atoms with Gasteiger partial charge in [-0.15, -0.1) is 11.3 Å². The van der Waals surface area contributed by atoms with Gasteiger partial charge >= 0.3 is 6.03 Å². The Hall–Kier alpha value is -2.08. The third-order valence-electron chi connectivity index (χ3n) is 3.67. The molecule has 0 aromatic carbocycles. The number of urea groups is 1. The van der Waals surface area contributed by atoms with Gasteiger partial charge in [0.1, 0.15) is 0 Å². The standard InChI is InChI=1S/C17H23N3O2S/c1-12-10-13(2)19-16(22-4)15(12)11-18-17(21)20(3)8-7-14-6-5-9-23-14/h5-6,9-10H,7-8,11H2,1-4H3,(H,18,21). The molecule has 0 spiro atoms. The summed E-state index contributed by atoms with van der Waals surface area (Å²) in [6, 6.07) is 6.01. The molecule has 1 N–H and O–H groups in total. The number of pyridine rings is 1. The molecule has 0 aliphatic heterocycles. The highest BCUT2D eigenvalue weighted by Crippen LogP contribution is 2.20. The Balaban J connectivity index is 1.91. The van der Waals surface area contributed by atoms with Crippen LogP contribution in [0.25, 0.3) is 0 Å². The summed E-state index contributed by atoms with van der Waals surface area (Å²) < 4.78 is 5.32. The third-order valence-corrected chi connectivity index (χ3v) is 4.60. The second-order valence-electron chi connectivity index (χ2n) is 5.48. The normalized spacial score (nSPS) is 10.4. The smallest absolute Gasteiger partial charge is 0.317 e. The number of thiophene rings is 1. The molecule has 2 rings (SSSR count). The van der Waals surface area contributed by atoms with E-state index < -0.39 is 0 Å².